The van der Waals surface area contributed by atoms with Gasteiger partial charge in [-0.1, -0.05) is 25.7 Å². The second-order valence-electron chi connectivity index (χ2n) is 6.00. The van der Waals surface area contributed by atoms with Gasteiger partial charge in [0, 0.05) is 17.3 Å². The zero-order chi connectivity index (χ0) is 14.7. The zero-order valence-electron chi connectivity index (χ0n) is 12.8. The molecule has 112 valence electrons. The third-order valence-corrected chi connectivity index (χ3v) is 4.33. The fourth-order valence-corrected chi connectivity index (χ4v) is 3.30. The number of hydrogen-bond donors (Lipinski definition) is 3. The van der Waals surface area contributed by atoms with Crippen LogP contribution in [0.25, 0.3) is 0 Å². The van der Waals surface area contributed by atoms with Crippen molar-refractivity contribution >= 4 is 5.91 Å². The van der Waals surface area contributed by atoms with Crippen molar-refractivity contribution in [3.63, 3.8) is 0 Å². The Bertz CT molecular complexity index is 469. The molecule has 0 aliphatic heterocycles. The Kier molecular flexibility index (Phi) is 4.86. The molecule has 1 fully saturated rings. The summed E-state index contributed by atoms with van der Waals surface area (Å²) in [7, 11) is 0. The molecule has 20 heavy (non-hydrogen) atoms. The van der Waals surface area contributed by atoms with E-state index in [1.165, 1.54) is 25.7 Å². The van der Waals surface area contributed by atoms with Gasteiger partial charge in [0.15, 0.2) is 0 Å². The van der Waals surface area contributed by atoms with Gasteiger partial charge in [-0.3, -0.25) is 4.79 Å². The van der Waals surface area contributed by atoms with E-state index < -0.39 is 6.10 Å². The fraction of sp³-hybridized carbons (Fsp3) is 0.688. The highest BCUT2D eigenvalue weighted by Crippen LogP contribution is 2.25. The van der Waals surface area contributed by atoms with E-state index in [1.54, 1.807) is 6.92 Å². The van der Waals surface area contributed by atoms with Gasteiger partial charge in [0.2, 0.25) is 0 Å². The van der Waals surface area contributed by atoms with Crippen LogP contribution in [0, 0.1) is 13.8 Å². The van der Waals surface area contributed by atoms with Crippen LogP contribution in [0.3, 0.4) is 0 Å². The first-order valence-electron chi connectivity index (χ1n) is 7.68. The van der Waals surface area contributed by atoms with Gasteiger partial charge in [-0.2, -0.15) is 0 Å². The minimum absolute atomic E-state index is 0.0376. The van der Waals surface area contributed by atoms with Crippen LogP contribution >= 0.6 is 0 Å². The number of carbonyl (C=O) groups is 1. The van der Waals surface area contributed by atoms with Crippen LogP contribution in [0.2, 0.25) is 0 Å². The summed E-state index contributed by atoms with van der Waals surface area (Å²) < 4.78 is 0. The van der Waals surface area contributed by atoms with Crippen LogP contribution in [0.15, 0.2) is 0 Å². The van der Waals surface area contributed by atoms with Crippen molar-refractivity contribution in [3.8, 4) is 0 Å². The Morgan fingerprint density at radius 2 is 1.85 bits per heavy atom. The largest absolute Gasteiger partial charge is 0.389 e. The number of rotatable bonds is 3. The van der Waals surface area contributed by atoms with Crippen LogP contribution in [-0.2, 0) is 0 Å². The molecule has 2 rings (SSSR count). The molecule has 1 aliphatic rings. The Hall–Kier alpha value is -1.29. The molecule has 0 unspecified atom stereocenters. The maximum absolute atomic E-state index is 12.4. The Morgan fingerprint density at radius 1 is 1.25 bits per heavy atom. The number of aryl methyl sites for hydroxylation is 1. The van der Waals surface area contributed by atoms with Crippen molar-refractivity contribution in [3.05, 3.63) is 22.5 Å². The molecule has 1 amide bonds. The predicted molar refractivity (Wildman–Crippen MR) is 79.9 cm³/mol. The van der Waals surface area contributed by atoms with Crippen LogP contribution in [0.4, 0.5) is 0 Å². The minimum Gasteiger partial charge on any atom is -0.389 e. The third kappa shape index (κ3) is 3.23. The Balaban J connectivity index is 2.11. The van der Waals surface area contributed by atoms with E-state index in [2.05, 4.69) is 10.3 Å². The number of aromatic amines is 1. The highest BCUT2D eigenvalue weighted by Gasteiger charge is 2.22. The topological polar surface area (TPSA) is 65.1 Å². The Morgan fingerprint density at radius 3 is 2.35 bits per heavy atom. The van der Waals surface area contributed by atoms with E-state index in [9.17, 15) is 9.90 Å². The number of carbonyl (C=O) groups excluding carboxylic acids is 1. The normalized spacial score (nSPS) is 18.6. The van der Waals surface area contributed by atoms with Gasteiger partial charge < -0.3 is 15.4 Å². The summed E-state index contributed by atoms with van der Waals surface area (Å²) in [5.41, 5.74) is 3.19. The van der Waals surface area contributed by atoms with E-state index in [4.69, 9.17) is 0 Å². The molecule has 1 heterocycles. The van der Waals surface area contributed by atoms with Crippen molar-refractivity contribution < 1.29 is 9.90 Å². The molecule has 4 heteroatoms. The van der Waals surface area contributed by atoms with Gasteiger partial charge in [-0.05, 0) is 39.2 Å². The average molecular weight is 278 g/mol. The molecule has 0 spiro atoms. The molecule has 4 nitrogen and oxygen atoms in total. The molecular weight excluding hydrogens is 252 g/mol. The van der Waals surface area contributed by atoms with Crippen LogP contribution < -0.4 is 5.32 Å². The molecule has 1 atom stereocenters. The highest BCUT2D eigenvalue weighted by atomic mass is 16.3. The number of aromatic nitrogens is 1. The number of aliphatic hydroxyl groups excluding tert-OH is 1. The maximum atomic E-state index is 12.4. The van der Waals surface area contributed by atoms with Crippen LogP contribution in [-0.4, -0.2) is 22.0 Å². The second kappa shape index (κ2) is 6.44. The number of H-pyrrole nitrogens is 1. The summed E-state index contributed by atoms with van der Waals surface area (Å²) in [6, 6.07) is 0.294. The average Bonchev–Trinajstić information content (AvgIpc) is 2.55. The van der Waals surface area contributed by atoms with Crippen molar-refractivity contribution in [2.45, 2.75) is 71.4 Å². The van der Waals surface area contributed by atoms with Crippen molar-refractivity contribution in [2.24, 2.45) is 0 Å². The monoisotopic (exact) mass is 278 g/mol. The molecule has 0 saturated heterocycles. The lowest BCUT2D eigenvalue weighted by molar-refractivity contribution is 0.0928. The standard InChI is InChI=1S/C16H26N2O2/c1-10-14(12(3)19)11(2)17-15(10)16(20)18-13-8-6-4-5-7-9-13/h12-13,17,19H,4-9H2,1-3H3,(H,18,20)/t12-/m1/s1. The lowest BCUT2D eigenvalue weighted by Gasteiger charge is -2.16. The minimum atomic E-state index is -0.550. The highest BCUT2D eigenvalue weighted by molar-refractivity contribution is 5.94. The molecule has 1 aliphatic carbocycles. The lowest BCUT2D eigenvalue weighted by Crippen LogP contribution is -2.35. The maximum Gasteiger partial charge on any atom is 0.268 e. The van der Waals surface area contributed by atoms with E-state index in [0.717, 1.165) is 29.7 Å². The van der Waals surface area contributed by atoms with E-state index in [-0.39, 0.29) is 5.91 Å². The third-order valence-electron chi connectivity index (χ3n) is 4.33. The number of nitrogens with one attached hydrogen (secondary N) is 2. The molecule has 1 aromatic rings. The van der Waals surface area contributed by atoms with Gasteiger partial charge in [0.25, 0.3) is 5.91 Å². The van der Waals surface area contributed by atoms with Gasteiger partial charge in [-0.15, -0.1) is 0 Å². The Labute approximate surface area is 121 Å². The van der Waals surface area contributed by atoms with Crippen molar-refractivity contribution in [2.75, 3.05) is 0 Å². The number of aliphatic hydroxyl groups is 1. The van der Waals surface area contributed by atoms with E-state index >= 15 is 0 Å². The van der Waals surface area contributed by atoms with E-state index in [1.807, 2.05) is 13.8 Å². The summed E-state index contributed by atoms with van der Waals surface area (Å²) >= 11 is 0. The summed E-state index contributed by atoms with van der Waals surface area (Å²) in [5, 5.41) is 12.9. The fourth-order valence-electron chi connectivity index (χ4n) is 3.30. The number of hydrogen-bond acceptors (Lipinski definition) is 2. The molecule has 0 radical (unpaired) electrons. The molecule has 0 bridgehead atoms. The first kappa shape index (κ1) is 15.1. The SMILES string of the molecule is Cc1[nH]c(C(=O)NC2CCCCCC2)c(C)c1[C@@H](C)O. The van der Waals surface area contributed by atoms with E-state index in [0.29, 0.717) is 11.7 Å². The summed E-state index contributed by atoms with van der Waals surface area (Å²) in [6.07, 6.45) is 6.56. The predicted octanol–water partition coefficient (Wildman–Crippen LogP) is 3.14. The van der Waals surface area contributed by atoms with Gasteiger partial charge >= 0.3 is 0 Å². The van der Waals surface area contributed by atoms with Crippen molar-refractivity contribution in [1.29, 1.82) is 0 Å². The summed E-state index contributed by atoms with van der Waals surface area (Å²) in [5.74, 6) is -0.0376. The smallest absolute Gasteiger partial charge is 0.268 e. The van der Waals surface area contributed by atoms with Crippen LogP contribution in [0.5, 0.6) is 0 Å². The zero-order valence-corrected chi connectivity index (χ0v) is 12.8. The molecule has 0 aromatic carbocycles. The second-order valence-corrected chi connectivity index (χ2v) is 6.00. The molecule has 1 saturated carbocycles. The van der Waals surface area contributed by atoms with Gasteiger partial charge in [0.1, 0.15) is 5.69 Å². The number of amides is 1. The lowest BCUT2D eigenvalue weighted by atomic mass is 10.0. The molecular formula is C16H26N2O2. The summed E-state index contributed by atoms with van der Waals surface area (Å²) in [4.78, 5) is 15.5. The first-order valence-corrected chi connectivity index (χ1v) is 7.68. The quantitative estimate of drug-likeness (QED) is 0.744. The van der Waals surface area contributed by atoms with Gasteiger partial charge in [-0.25, -0.2) is 0 Å². The van der Waals surface area contributed by atoms with Crippen LogP contribution in [0.1, 0.15) is 78.9 Å². The molecule has 1 aromatic heterocycles. The van der Waals surface area contributed by atoms with Crippen molar-refractivity contribution in [1.82, 2.24) is 10.3 Å². The first-order chi connectivity index (χ1) is 9.50. The van der Waals surface area contributed by atoms with Gasteiger partial charge in [0.05, 0.1) is 6.10 Å². The molecule has 3 N–H and O–H groups in total. The summed E-state index contributed by atoms with van der Waals surface area (Å²) in [6.45, 7) is 5.53.